The van der Waals surface area contributed by atoms with Gasteiger partial charge in [0.1, 0.15) is 17.8 Å². The smallest absolute Gasteiger partial charge is 0.328 e. The molecule has 0 aliphatic carbocycles. The van der Waals surface area contributed by atoms with Crippen LogP contribution in [0.3, 0.4) is 0 Å². The number of nitrogens with zero attached hydrogens (tertiary/aromatic N) is 2. The summed E-state index contributed by atoms with van der Waals surface area (Å²) < 4.78 is 4.89. The molecule has 0 spiro atoms. The predicted octanol–water partition coefficient (Wildman–Crippen LogP) is 2.22. The van der Waals surface area contributed by atoms with Gasteiger partial charge >= 0.3 is 5.97 Å². The predicted molar refractivity (Wildman–Crippen MR) is 107 cm³/mol. The number of fused-ring (bicyclic) bond motifs is 2. The van der Waals surface area contributed by atoms with E-state index in [2.05, 4.69) is 10.3 Å². The van der Waals surface area contributed by atoms with Gasteiger partial charge in [0.05, 0.1) is 7.11 Å². The van der Waals surface area contributed by atoms with E-state index in [-0.39, 0.29) is 17.6 Å². The second-order valence-electron chi connectivity index (χ2n) is 7.37. The fraction of sp³-hybridized carbons (Fsp3) is 0.364. The Morgan fingerprint density at radius 1 is 1.14 bits per heavy atom. The van der Waals surface area contributed by atoms with E-state index in [0.717, 1.165) is 17.2 Å². The zero-order valence-electron chi connectivity index (χ0n) is 16.2. The summed E-state index contributed by atoms with van der Waals surface area (Å²) in [7, 11) is 1.33. The third-order valence-electron chi connectivity index (χ3n) is 5.67. The Hall–Kier alpha value is -3.22. The zero-order chi connectivity index (χ0) is 20.4. The van der Waals surface area contributed by atoms with E-state index in [0.29, 0.717) is 19.3 Å². The maximum atomic E-state index is 13.3. The van der Waals surface area contributed by atoms with E-state index in [1.54, 1.807) is 11.1 Å². The topological polar surface area (TPSA) is 88.6 Å². The van der Waals surface area contributed by atoms with Crippen LogP contribution in [0.1, 0.15) is 36.2 Å². The molecular weight excluding hydrogens is 370 g/mol. The lowest BCUT2D eigenvalue weighted by molar-refractivity contribution is -0.153. The molecule has 7 heteroatoms. The van der Waals surface area contributed by atoms with E-state index < -0.39 is 24.0 Å². The van der Waals surface area contributed by atoms with Crippen LogP contribution in [0, 0.1) is 0 Å². The number of aromatic nitrogens is 1. The summed E-state index contributed by atoms with van der Waals surface area (Å²) >= 11 is 0. The highest BCUT2D eigenvalue weighted by Gasteiger charge is 2.43. The van der Waals surface area contributed by atoms with E-state index in [1.807, 2.05) is 42.5 Å². The van der Waals surface area contributed by atoms with Crippen LogP contribution in [-0.4, -0.2) is 52.9 Å². The van der Waals surface area contributed by atoms with Gasteiger partial charge in [-0.15, -0.1) is 0 Å². The lowest BCUT2D eigenvalue weighted by Gasteiger charge is -2.33. The number of rotatable bonds is 3. The van der Waals surface area contributed by atoms with Gasteiger partial charge in [0.2, 0.25) is 5.91 Å². The van der Waals surface area contributed by atoms with Crippen molar-refractivity contribution in [2.75, 3.05) is 7.11 Å². The Kier molecular flexibility index (Phi) is 5.29. The number of esters is 1. The molecule has 1 fully saturated rings. The van der Waals surface area contributed by atoms with Gasteiger partial charge in [0, 0.05) is 17.6 Å². The molecule has 7 nitrogen and oxygen atoms in total. The van der Waals surface area contributed by atoms with Gasteiger partial charge in [0.25, 0.3) is 5.91 Å². The maximum Gasteiger partial charge on any atom is 0.328 e. The molecule has 3 atom stereocenters. The number of hydrogen-bond acceptors (Lipinski definition) is 5. The molecule has 0 saturated carbocycles. The van der Waals surface area contributed by atoms with E-state index in [1.165, 1.54) is 7.11 Å². The lowest BCUT2D eigenvalue weighted by Crippen LogP contribution is -2.54. The average Bonchev–Trinajstić information content (AvgIpc) is 3.16. The highest BCUT2D eigenvalue weighted by molar-refractivity contribution is 6.06. The number of benzene rings is 1. The fourth-order valence-corrected chi connectivity index (χ4v) is 4.23. The third kappa shape index (κ3) is 3.60. The Morgan fingerprint density at radius 3 is 2.76 bits per heavy atom. The van der Waals surface area contributed by atoms with Gasteiger partial charge in [-0.25, -0.2) is 4.79 Å². The van der Waals surface area contributed by atoms with Crippen molar-refractivity contribution < 1.29 is 19.1 Å². The SMILES string of the molecule is COC(=O)[C@@H]1CC[C@@H]2C/C=C\C[C@H](NC(=O)c3nccc4ccccc34)C(=O)N21. The molecular formula is C22H23N3O4. The molecule has 1 aromatic carbocycles. The van der Waals surface area contributed by atoms with Crippen molar-refractivity contribution in [3.63, 3.8) is 0 Å². The standard InChI is InChI=1S/C22H23N3O4/c1-29-22(28)18-11-10-15-7-3-5-9-17(21(27)25(15)18)24-20(26)19-16-8-4-2-6-14(16)12-13-23-19/h2-6,8,12-13,15,17-18H,7,9-11H2,1H3,(H,24,26)/b5-3-/t15-,17-,18-/m0/s1. The molecule has 2 aromatic rings. The maximum absolute atomic E-state index is 13.3. The minimum atomic E-state index is -0.757. The molecule has 1 aromatic heterocycles. The lowest BCUT2D eigenvalue weighted by atomic mass is 10.0. The monoisotopic (exact) mass is 393 g/mol. The molecule has 1 N–H and O–H groups in total. The summed E-state index contributed by atoms with van der Waals surface area (Å²) in [4.78, 5) is 44.3. The van der Waals surface area contributed by atoms with Crippen LogP contribution in [0.2, 0.25) is 0 Å². The molecule has 2 aliphatic heterocycles. The molecule has 2 aliphatic rings. The first kappa shape index (κ1) is 19.1. The van der Waals surface area contributed by atoms with E-state index >= 15 is 0 Å². The normalized spacial score (nSPS) is 25.1. The highest BCUT2D eigenvalue weighted by Crippen LogP contribution is 2.30. The molecule has 0 radical (unpaired) electrons. The number of ether oxygens (including phenoxy) is 1. The van der Waals surface area contributed by atoms with Crippen LogP contribution in [-0.2, 0) is 14.3 Å². The van der Waals surface area contributed by atoms with Gasteiger partial charge < -0.3 is 15.0 Å². The molecule has 150 valence electrons. The Morgan fingerprint density at radius 2 is 1.93 bits per heavy atom. The quantitative estimate of drug-likeness (QED) is 0.638. The van der Waals surface area contributed by atoms with Gasteiger partial charge in [-0.2, -0.15) is 0 Å². The molecule has 29 heavy (non-hydrogen) atoms. The Balaban J connectivity index is 1.61. The highest BCUT2D eigenvalue weighted by atomic mass is 16.5. The Labute approximate surface area is 168 Å². The summed E-state index contributed by atoms with van der Waals surface area (Å²) in [5.41, 5.74) is 0.282. The number of hydrogen-bond donors (Lipinski definition) is 1. The second kappa shape index (κ2) is 8.03. The van der Waals surface area contributed by atoms with Gasteiger partial charge in [0.15, 0.2) is 0 Å². The Bertz CT molecular complexity index is 982. The van der Waals surface area contributed by atoms with Crippen LogP contribution < -0.4 is 5.32 Å². The summed E-state index contributed by atoms with van der Waals surface area (Å²) in [5.74, 6) is -1.06. The van der Waals surface area contributed by atoms with Crippen LogP contribution in [0.5, 0.6) is 0 Å². The second-order valence-corrected chi connectivity index (χ2v) is 7.37. The number of amides is 2. The van der Waals surface area contributed by atoms with Crippen molar-refractivity contribution in [2.24, 2.45) is 0 Å². The van der Waals surface area contributed by atoms with Crippen molar-refractivity contribution in [3.8, 4) is 0 Å². The minimum Gasteiger partial charge on any atom is -0.467 e. The van der Waals surface area contributed by atoms with Crippen molar-refractivity contribution >= 4 is 28.6 Å². The summed E-state index contributed by atoms with van der Waals surface area (Å²) in [6, 6.07) is 7.91. The minimum absolute atomic E-state index is 0.0572. The summed E-state index contributed by atoms with van der Waals surface area (Å²) in [5, 5.41) is 4.47. The molecule has 2 amide bonds. The van der Waals surface area contributed by atoms with E-state index in [9.17, 15) is 14.4 Å². The van der Waals surface area contributed by atoms with Crippen molar-refractivity contribution in [1.29, 1.82) is 0 Å². The van der Waals surface area contributed by atoms with Gasteiger partial charge in [-0.3, -0.25) is 14.6 Å². The van der Waals surface area contributed by atoms with Crippen molar-refractivity contribution in [2.45, 2.75) is 43.8 Å². The third-order valence-corrected chi connectivity index (χ3v) is 5.67. The number of carbonyl (C=O) groups excluding carboxylic acids is 3. The van der Waals surface area contributed by atoms with Crippen LogP contribution in [0.15, 0.2) is 48.7 Å². The van der Waals surface area contributed by atoms with Crippen LogP contribution in [0.25, 0.3) is 10.8 Å². The fourth-order valence-electron chi connectivity index (χ4n) is 4.23. The molecule has 3 heterocycles. The summed E-state index contributed by atoms with van der Waals surface area (Å²) in [6.45, 7) is 0. The number of nitrogens with one attached hydrogen (secondary N) is 1. The van der Waals surface area contributed by atoms with Crippen LogP contribution >= 0.6 is 0 Å². The molecule has 4 rings (SSSR count). The number of pyridine rings is 1. The zero-order valence-corrected chi connectivity index (χ0v) is 16.2. The largest absolute Gasteiger partial charge is 0.467 e. The first-order chi connectivity index (χ1) is 14.1. The van der Waals surface area contributed by atoms with Crippen LogP contribution in [0.4, 0.5) is 0 Å². The average molecular weight is 393 g/mol. The van der Waals surface area contributed by atoms with E-state index in [4.69, 9.17) is 4.74 Å². The molecule has 0 bridgehead atoms. The molecule has 1 saturated heterocycles. The number of methoxy groups -OCH3 is 1. The summed E-state index contributed by atoms with van der Waals surface area (Å²) in [6.07, 6.45) is 7.89. The number of carbonyl (C=O) groups is 3. The first-order valence-corrected chi connectivity index (χ1v) is 9.79. The van der Waals surface area contributed by atoms with Crippen molar-refractivity contribution in [1.82, 2.24) is 15.2 Å². The van der Waals surface area contributed by atoms with Gasteiger partial charge in [-0.05, 0) is 37.1 Å². The molecule has 0 unspecified atom stereocenters. The first-order valence-electron chi connectivity index (χ1n) is 9.79. The van der Waals surface area contributed by atoms with Crippen molar-refractivity contribution in [3.05, 3.63) is 54.4 Å². The van der Waals surface area contributed by atoms with Gasteiger partial charge in [-0.1, -0.05) is 36.4 Å².